The fourth-order valence-corrected chi connectivity index (χ4v) is 2.23. The first kappa shape index (κ1) is 14.0. The molecule has 4 nitrogen and oxygen atoms in total. The Hall–Kier alpha value is -1.03. The monoisotopic (exact) mass is 256 g/mol. The van der Waals surface area contributed by atoms with E-state index in [9.17, 15) is 0 Å². The predicted octanol–water partition coefficient (Wildman–Crippen LogP) is 3.34. The molecule has 0 aliphatic carbocycles. The van der Waals surface area contributed by atoms with E-state index in [1.807, 2.05) is 0 Å². The largest absolute Gasteiger partial charge is 0.368 e. The minimum absolute atomic E-state index is 0.00949. The van der Waals surface area contributed by atoms with Crippen LogP contribution in [-0.4, -0.2) is 15.5 Å². The summed E-state index contributed by atoms with van der Waals surface area (Å²) in [4.78, 5) is 8.02. The molecule has 0 atom stereocenters. The molecule has 0 bridgehead atoms. The van der Waals surface area contributed by atoms with Crippen molar-refractivity contribution in [2.45, 2.75) is 46.1 Å². The molecule has 0 saturated heterocycles. The second kappa shape index (κ2) is 5.54. The first-order valence-corrected chi connectivity index (χ1v) is 6.39. The Morgan fingerprint density at radius 3 is 2.47 bits per heavy atom. The number of rotatable bonds is 5. The summed E-state index contributed by atoms with van der Waals surface area (Å²) >= 11 is 6.08. The summed E-state index contributed by atoms with van der Waals surface area (Å²) in [5.41, 5.74) is 5.57. The summed E-state index contributed by atoms with van der Waals surface area (Å²) in [6, 6.07) is 0. The maximum Gasteiger partial charge on any atom is 0.222 e. The zero-order chi connectivity index (χ0) is 13.1. The molecule has 1 rings (SSSR count). The molecule has 0 aliphatic heterocycles. The minimum atomic E-state index is -0.00949. The van der Waals surface area contributed by atoms with Crippen molar-refractivity contribution in [3.8, 4) is 0 Å². The number of nitrogens with zero attached hydrogens (tertiary/aromatic N) is 2. The molecular formula is C12H21ClN4. The molecule has 0 fully saturated rings. The van der Waals surface area contributed by atoms with Gasteiger partial charge in [0.1, 0.15) is 5.02 Å². The molecule has 0 radical (unpaired) electrons. The molecule has 0 amide bonds. The Bertz CT molecular complexity index is 375. The predicted molar refractivity (Wildman–Crippen MR) is 73.2 cm³/mol. The van der Waals surface area contributed by atoms with Crippen molar-refractivity contribution in [2.24, 2.45) is 5.92 Å². The van der Waals surface area contributed by atoms with E-state index in [2.05, 4.69) is 43.0 Å². The average Bonchev–Trinajstić information content (AvgIpc) is 2.30. The van der Waals surface area contributed by atoms with Crippen molar-refractivity contribution in [1.82, 2.24) is 9.97 Å². The summed E-state index contributed by atoms with van der Waals surface area (Å²) in [7, 11) is 0. The first-order valence-electron chi connectivity index (χ1n) is 6.01. The van der Waals surface area contributed by atoms with Gasteiger partial charge in [0.05, 0.1) is 6.20 Å². The highest BCUT2D eigenvalue weighted by atomic mass is 35.5. The van der Waals surface area contributed by atoms with E-state index in [1.165, 1.54) is 6.20 Å². The molecule has 5 heteroatoms. The zero-order valence-electron chi connectivity index (χ0n) is 10.9. The van der Waals surface area contributed by atoms with Crippen molar-refractivity contribution >= 4 is 23.4 Å². The Morgan fingerprint density at radius 2 is 2.00 bits per heavy atom. The lowest BCUT2D eigenvalue weighted by molar-refractivity contribution is 0.319. The molecular weight excluding hydrogens is 236 g/mol. The second-order valence-corrected chi connectivity index (χ2v) is 4.97. The van der Waals surface area contributed by atoms with Gasteiger partial charge in [0, 0.05) is 5.54 Å². The van der Waals surface area contributed by atoms with E-state index >= 15 is 0 Å². The van der Waals surface area contributed by atoms with Crippen LogP contribution in [0.1, 0.15) is 40.5 Å². The Kier molecular flexibility index (Phi) is 4.57. The smallest absolute Gasteiger partial charge is 0.222 e. The van der Waals surface area contributed by atoms with Crippen molar-refractivity contribution in [3.63, 3.8) is 0 Å². The fraction of sp³-hybridized carbons (Fsp3) is 0.667. The standard InChI is InChI=1S/C12H21ClN4/c1-5-12(6-2,8(3)4)17-10-9(13)7-15-11(14)16-10/h7-8H,5-6H2,1-4H3,(H3,14,15,16,17). The topological polar surface area (TPSA) is 63.8 Å². The average molecular weight is 257 g/mol. The number of hydrogen-bond acceptors (Lipinski definition) is 4. The van der Waals surface area contributed by atoms with Crippen LogP contribution in [0.15, 0.2) is 6.20 Å². The number of nitrogen functional groups attached to an aromatic ring is 1. The number of anilines is 2. The number of nitrogens with two attached hydrogens (primary N) is 1. The Labute approximate surface area is 108 Å². The number of aromatic nitrogens is 2. The Balaban J connectivity index is 3.05. The molecule has 1 heterocycles. The van der Waals surface area contributed by atoms with Gasteiger partial charge in [0.15, 0.2) is 5.82 Å². The van der Waals surface area contributed by atoms with Gasteiger partial charge in [0.25, 0.3) is 0 Å². The first-order chi connectivity index (χ1) is 7.95. The van der Waals surface area contributed by atoms with Gasteiger partial charge in [-0.15, -0.1) is 0 Å². The molecule has 17 heavy (non-hydrogen) atoms. The number of nitrogens with one attached hydrogen (secondary N) is 1. The van der Waals surface area contributed by atoms with Crippen molar-refractivity contribution in [1.29, 1.82) is 0 Å². The van der Waals surface area contributed by atoms with Crippen molar-refractivity contribution in [2.75, 3.05) is 11.1 Å². The molecule has 0 saturated carbocycles. The van der Waals surface area contributed by atoms with Gasteiger partial charge in [-0.1, -0.05) is 39.3 Å². The van der Waals surface area contributed by atoms with Crippen LogP contribution in [0, 0.1) is 5.92 Å². The van der Waals surface area contributed by atoms with Gasteiger partial charge < -0.3 is 11.1 Å². The molecule has 3 N–H and O–H groups in total. The lowest BCUT2D eigenvalue weighted by Gasteiger charge is -2.37. The van der Waals surface area contributed by atoms with Gasteiger partial charge in [-0.05, 0) is 18.8 Å². The summed E-state index contributed by atoms with van der Waals surface area (Å²) in [6.07, 6.45) is 3.53. The second-order valence-electron chi connectivity index (χ2n) is 4.57. The third kappa shape index (κ3) is 3.00. The quantitative estimate of drug-likeness (QED) is 0.848. The van der Waals surface area contributed by atoms with E-state index in [4.69, 9.17) is 17.3 Å². The van der Waals surface area contributed by atoms with Crippen LogP contribution in [0.25, 0.3) is 0 Å². The summed E-state index contributed by atoms with van der Waals surface area (Å²) in [5.74, 6) is 1.34. The van der Waals surface area contributed by atoms with E-state index in [0.29, 0.717) is 16.8 Å². The summed E-state index contributed by atoms with van der Waals surface area (Å²) in [6.45, 7) is 8.71. The third-order valence-corrected chi connectivity index (χ3v) is 3.77. The molecule has 0 aromatic carbocycles. The number of halogens is 1. The van der Waals surface area contributed by atoms with E-state index in [1.54, 1.807) is 0 Å². The molecule has 1 aromatic heterocycles. The van der Waals surface area contributed by atoms with Crippen LogP contribution < -0.4 is 11.1 Å². The highest BCUT2D eigenvalue weighted by molar-refractivity contribution is 6.32. The normalized spacial score (nSPS) is 11.9. The molecule has 96 valence electrons. The SMILES string of the molecule is CCC(CC)(Nc1nc(N)ncc1Cl)C(C)C. The molecule has 1 aromatic rings. The van der Waals surface area contributed by atoms with E-state index in [-0.39, 0.29) is 11.5 Å². The van der Waals surface area contributed by atoms with Gasteiger partial charge in [0.2, 0.25) is 5.95 Å². The van der Waals surface area contributed by atoms with Gasteiger partial charge in [-0.3, -0.25) is 0 Å². The van der Waals surface area contributed by atoms with Crippen LogP contribution in [0.5, 0.6) is 0 Å². The summed E-state index contributed by atoms with van der Waals surface area (Å²) < 4.78 is 0. The Morgan fingerprint density at radius 1 is 1.41 bits per heavy atom. The van der Waals surface area contributed by atoms with Crippen molar-refractivity contribution in [3.05, 3.63) is 11.2 Å². The van der Waals surface area contributed by atoms with Crippen LogP contribution in [-0.2, 0) is 0 Å². The minimum Gasteiger partial charge on any atom is -0.368 e. The number of hydrogen-bond donors (Lipinski definition) is 2. The van der Waals surface area contributed by atoms with Crippen molar-refractivity contribution < 1.29 is 0 Å². The van der Waals surface area contributed by atoms with Crippen LogP contribution in [0.2, 0.25) is 5.02 Å². The molecule has 0 spiro atoms. The zero-order valence-corrected chi connectivity index (χ0v) is 11.7. The summed E-state index contributed by atoms with van der Waals surface area (Å²) in [5, 5.41) is 3.94. The van der Waals surface area contributed by atoms with Gasteiger partial charge in [-0.25, -0.2) is 4.98 Å². The van der Waals surface area contributed by atoms with Crippen LogP contribution in [0.3, 0.4) is 0 Å². The molecule has 0 aliphatic rings. The highest BCUT2D eigenvalue weighted by Gasteiger charge is 2.30. The van der Waals surface area contributed by atoms with Crippen LogP contribution >= 0.6 is 11.6 Å². The highest BCUT2D eigenvalue weighted by Crippen LogP contribution is 2.31. The maximum absolute atomic E-state index is 6.08. The van der Waals surface area contributed by atoms with E-state index in [0.717, 1.165) is 12.8 Å². The lowest BCUT2D eigenvalue weighted by Crippen LogP contribution is -2.42. The molecule has 0 unspecified atom stereocenters. The van der Waals surface area contributed by atoms with Gasteiger partial charge >= 0.3 is 0 Å². The third-order valence-electron chi connectivity index (χ3n) is 3.50. The fourth-order valence-electron chi connectivity index (χ4n) is 2.09. The van der Waals surface area contributed by atoms with Crippen LogP contribution in [0.4, 0.5) is 11.8 Å². The van der Waals surface area contributed by atoms with Gasteiger partial charge in [-0.2, -0.15) is 4.98 Å². The maximum atomic E-state index is 6.08. The lowest BCUT2D eigenvalue weighted by atomic mass is 9.81. The van der Waals surface area contributed by atoms with E-state index < -0.39 is 0 Å².